The van der Waals surface area contributed by atoms with Crippen molar-refractivity contribution < 1.29 is 25.9 Å². The van der Waals surface area contributed by atoms with E-state index in [1.807, 2.05) is 60.7 Å². The maximum atomic E-state index is 12.7. The van der Waals surface area contributed by atoms with Crippen LogP contribution in [0.4, 0.5) is 11.4 Å². The van der Waals surface area contributed by atoms with Gasteiger partial charge in [0.1, 0.15) is 0 Å². The second-order valence-corrected chi connectivity index (χ2v) is 11.0. The molecule has 0 spiro atoms. The van der Waals surface area contributed by atoms with E-state index in [9.17, 15) is 25.9 Å². The molecular weight excluding hydrogens is 500 g/mol. The first-order valence-corrected chi connectivity index (χ1v) is 13.7. The molecule has 36 heavy (non-hydrogen) atoms. The maximum absolute atomic E-state index is 12.7. The Balaban J connectivity index is 2.05. The second kappa shape index (κ2) is 8.45. The minimum atomic E-state index is -4.88. The Morgan fingerprint density at radius 2 is 0.889 bits per heavy atom. The molecule has 0 saturated carbocycles. The Bertz CT molecular complexity index is 1660. The quantitative estimate of drug-likeness (QED) is 0.509. The summed E-state index contributed by atoms with van der Waals surface area (Å²) in [5.74, 6) is 0. The minimum absolute atomic E-state index is 0.0765. The molecule has 2 N–H and O–H groups in total. The summed E-state index contributed by atoms with van der Waals surface area (Å²) in [6, 6.07) is 21.8. The molecule has 3 aromatic carbocycles. The smallest absolute Gasteiger partial charge is 0.269 e. The third-order valence-corrected chi connectivity index (χ3v) is 7.98. The summed E-state index contributed by atoms with van der Waals surface area (Å²) in [7, 11) is -9.75. The Kier molecular flexibility index (Phi) is 5.64. The van der Waals surface area contributed by atoms with Gasteiger partial charge in [0, 0.05) is 21.8 Å². The molecule has 0 amide bonds. The van der Waals surface area contributed by atoms with Crippen molar-refractivity contribution in [1.29, 1.82) is 0 Å². The first-order chi connectivity index (χ1) is 17.0. The molecular formula is C26H22N2O6S2. The average Bonchev–Trinajstić information content (AvgIpc) is 2.82. The summed E-state index contributed by atoms with van der Waals surface area (Å²) in [5, 5.41) is 0.748. The Labute approximate surface area is 209 Å². The molecule has 0 aromatic heterocycles. The van der Waals surface area contributed by atoms with Crippen molar-refractivity contribution in [1.82, 2.24) is 0 Å². The van der Waals surface area contributed by atoms with Gasteiger partial charge in [-0.05, 0) is 48.3 Å². The predicted octanol–water partition coefficient (Wildman–Crippen LogP) is 3.14. The lowest BCUT2D eigenvalue weighted by Gasteiger charge is -2.34. The number of anilines is 2. The summed E-state index contributed by atoms with van der Waals surface area (Å²) in [6.45, 7) is 3.01. The lowest BCUT2D eigenvalue weighted by atomic mass is 9.93. The van der Waals surface area contributed by atoms with Crippen LogP contribution in [0.25, 0.3) is 11.1 Å². The first-order valence-electron chi connectivity index (χ1n) is 10.9. The molecule has 10 heteroatoms. The van der Waals surface area contributed by atoms with Gasteiger partial charge < -0.3 is 0 Å². The molecule has 0 atom stereocenters. The molecule has 184 valence electrons. The van der Waals surface area contributed by atoms with E-state index >= 15 is 0 Å². The highest BCUT2D eigenvalue weighted by atomic mass is 32.2. The Morgan fingerprint density at radius 1 is 0.556 bits per heavy atom. The van der Waals surface area contributed by atoms with Gasteiger partial charge in [0.15, 0.2) is 0 Å². The summed E-state index contributed by atoms with van der Waals surface area (Å²) in [6.07, 6.45) is 3.23. The number of allylic oxidation sites excluding steroid dienone is 4. The van der Waals surface area contributed by atoms with Crippen molar-refractivity contribution in [2.75, 3.05) is 8.61 Å². The van der Waals surface area contributed by atoms with E-state index in [4.69, 9.17) is 0 Å². The van der Waals surface area contributed by atoms with Gasteiger partial charge >= 0.3 is 20.6 Å². The van der Waals surface area contributed by atoms with E-state index in [-0.39, 0.29) is 22.8 Å². The second-order valence-electron chi connectivity index (χ2n) is 8.47. The molecule has 5 rings (SSSR count). The van der Waals surface area contributed by atoms with Crippen LogP contribution in [0, 0.1) is 0 Å². The van der Waals surface area contributed by atoms with E-state index in [1.54, 1.807) is 24.3 Å². The highest BCUT2D eigenvalue weighted by Gasteiger charge is 2.36. The first kappa shape index (κ1) is 24.0. The fourth-order valence-electron chi connectivity index (χ4n) is 4.78. The molecule has 3 aromatic rings. The van der Waals surface area contributed by atoms with Gasteiger partial charge in [-0.25, -0.2) is 8.61 Å². The minimum Gasteiger partial charge on any atom is -0.269 e. The van der Waals surface area contributed by atoms with Crippen LogP contribution in [0.15, 0.2) is 96.3 Å². The zero-order valence-corrected chi connectivity index (χ0v) is 21.0. The molecule has 2 aliphatic rings. The predicted molar refractivity (Wildman–Crippen MR) is 139 cm³/mol. The number of hydrogen-bond donors (Lipinski definition) is 2. The fraction of sp³-hybridized carbons (Fsp3) is 0.0769. The van der Waals surface area contributed by atoms with Crippen LogP contribution in [0.3, 0.4) is 0 Å². The van der Waals surface area contributed by atoms with E-state index < -0.39 is 20.6 Å². The highest BCUT2D eigenvalue weighted by molar-refractivity contribution is 7.88. The van der Waals surface area contributed by atoms with Crippen LogP contribution in [0.5, 0.6) is 0 Å². The van der Waals surface area contributed by atoms with Gasteiger partial charge in [-0.15, -0.1) is 0 Å². The fourth-order valence-corrected chi connectivity index (χ4v) is 6.44. The van der Waals surface area contributed by atoms with E-state index in [0.717, 1.165) is 11.1 Å². The zero-order chi connectivity index (χ0) is 25.8. The van der Waals surface area contributed by atoms with Gasteiger partial charge in [0.25, 0.3) is 0 Å². The molecule has 2 heterocycles. The average molecular weight is 523 g/mol. The molecule has 0 aliphatic carbocycles. The van der Waals surface area contributed by atoms with Crippen LogP contribution in [-0.2, 0) is 20.6 Å². The molecule has 0 radical (unpaired) electrons. The van der Waals surface area contributed by atoms with Crippen molar-refractivity contribution in [3.63, 3.8) is 0 Å². The summed E-state index contributed by atoms with van der Waals surface area (Å²) < 4.78 is 72.5. The van der Waals surface area contributed by atoms with Gasteiger partial charge in [-0.1, -0.05) is 72.8 Å². The standard InChI is InChI=1S/C26H22N2O6S2/c1-17-15-23(19-9-5-3-6-10-19)21-13-14-22-24(20-11-7-4-8-12-20)16-18(2)28(36(32,33)34)26(22)25(21)27(17)35(29,30)31/h3-16H,1-2H3,(H,29,30,31)(H,32,33,34). The van der Waals surface area contributed by atoms with Crippen molar-refractivity contribution in [2.24, 2.45) is 0 Å². The zero-order valence-electron chi connectivity index (χ0n) is 19.3. The lowest BCUT2D eigenvalue weighted by Crippen LogP contribution is -2.43. The van der Waals surface area contributed by atoms with Gasteiger partial charge in [0.05, 0.1) is 11.4 Å². The Morgan fingerprint density at radius 3 is 1.19 bits per heavy atom. The topological polar surface area (TPSA) is 115 Å². The number of nitrogens with zero attached hydrogens (tertiary/aromatic N) is 2. The van der Waals surface area contributed by atoms with E-state index in [2.05, 4.69) is 0 Å². The van der Waals surface area contributed by atoms with Gasteiger partial charge in [-0.2, -0.15) is 16.8 Å². The molecule has 0 unspecified atom stereocenters. The normalized spacial score (nSPS) is 15.8. The Hall–Kier alpha value is -3.70. The highest BCUT2D eigenvalue weighted by Crippen LogP contribution is 2.38. The van der Waals surface area contributed by atoms with Crippen molar-refractivity contribution in [2.45, 2.75) is 13.8 Å². The van der Waals surface area contributed by atoms with Crippen LogP contribution < -0.4 is 19.0 Å². The largest absolute Gasteiger partial charge is 0.364 e. The van der Waals surface area contributed by atoms with Crippen molar-refractivity contribution in [3.05, 3.63) is 118 Å². The van der Waals surface area contributed by atoms with Crippen molar-refractivity contribution >= 4 is 43.1 Å². The van der Waals surface area contributed by atoms with Crippen LogP contribution >= 0.6 is 0 Å². The SMILES string of the molecule is CC1=CC(c2ccccc2)=c2ccc3c(c2N1S(=O)(=O)O)N(S(=O)(=O)O)C(C)=CC=3c1ccccc1. The third kappa shape index (κ3) is 3.94. The van der Waals surface area contributed by atoms with E-state index in [1.165, 1.54) is 13.8 Å². The lowest BCUT2D eigenvalue weighted by molar-refractivity contribution is 0.477. The monoisotopic (exact) mass is 522 g/mol. The number of rotatable bonds is 4. The summed E-state index contributed by atoms with van der Waals surface area (Å²) >= 11 is 0. The maximum Gasteiger partial charge on any atom is 0.364 e. The van der Waals surface area contributed by atoms with Crippen LogP contribution in [-0.4, -0.2) is 25.9 Å². The number of hydrogen-bond acceptors (Lipinski definition) is 4. The molecule has 0 bridgehead atoms. The molecule has 8 nitrogen and oxygen atoms in total. The summed E-state index contributed by atoms with van der Waals surface area (Å²) in [5.41, 5.74) is 2.95. The summed E-state index contributed by atoms with van der Waals surface area (Å²) in [4.78, 5) is 0. The van der Waals surface area contributed by atoms with Crippen LogP contribution in [0.1, 0.15) is 25.0 Å². The van der Waals surface area contributed by atoms with Crippen LogP contribution in [0.2, 0.25) is 0 Å². The molecule has 2 aliphatic heterocycles. The van der Waals surface area contributed by atoms with E-state index in [0.29, 0.717) is 30.2 Å². The van der Waals surface area contributed by atoms with Gasteiger partial charge in [-0.3, -0.25) is 9.11 Å². The molecule has 0 saturated heterocycles. The number of fused-ring (bicyclic) bond motifs is 3. The number of benzene rings is 3. The third-order valence-electron chi connectivity index (χ3n) is 6.12. The molecule has 0 fully saturated rings. The van der Waals surface area contributed by atoms with Gasteiger partial charge in [0.2, 0.25) is 0 Å². The van der Waals surface area contributed by atoms with Crippen molar-refractivity contribution in [3.8, 4) is 0 Å².